The number of aromatic nitrogens is 1. The molecule has 0 saturated heterocycles. The highest BCUT2D eigenvalue weighted by molar-refractivity contribution is 5.34. The largest absolute Gasteiger partial charge is 0.361 e. The van der Waals surface area contributed by atoms with Crippen LogP contribution in [0.4, 0.5) is 0 Å². The summed E-state index contributed by atoms with van der Waals surface area (Å²) in [5, 5.41) is 7.75. The number of hydrogen-bond acceptors (Lipinski definition) is 3. The first-order valence-corrected chi connectivity index (χ1v) is 6.90. The summed E-state index contributed by atoms with van der Waals surface area (Å²) in [4.78, 5) is 0. The van der Waals surface area contributed by atoms with E-state index >= 15 is 0 Å². The van der Waals surface area contributed by atoms with Crippen LogP contribution in [0, 0.1) is 13.8 Å². The number of benzene rings is 1. The lowest BCUT2D eigenvalue weighted by Crippen LogP contribution is -2.32. The van der Waals surface area contributed by atoms with E-state index in [9.17, 15) is 0 Å². The molecule has 1 atom stereocenters. The fourth-order valence-electron chi connectivity index (χ4n) is 3.22. The lowest BCUT2D eigenvalue weighted by Gasteiger charge is -2.19. The second-order valence-corrected chi connectivity index (χ2v) is 5.50. The summed E-state index contributed by atoms with van der Waals surface area (Å²) in [7, 11) is 0. The number of rotatable bonds is 3. The summed E-state index contributed by atoms with van der Waals surface area (Å²) in [5.74, 6) is 0.924. The van der Waals surface area contributed by atoms with Crippen LogP contribution in [-0.2, 0) is 12.8 Å². The molecule has 1 aliphatic carbocycles. The third kappa shape index (κ3) is 2.30. The molecule has 0 spiro atoms. The van der Waals surface area contributed by atoms with Crippen molar-refractivity contribution in [3.8, 4) is 0 Å². The molecule has 0 radical (unpaired) electrons. The van der Waals surface area contributed by atoms with Gasteiger partial charge in [-0.1, -0.05) is 29.4 Å². The highest BCUT2D eigenvalue weighted by atomic mass is 16.5. The van der Waals surface area contributed by atoms with Gasteiger partial charge in [-0.05, 0) is 44.7 Å². The van der Waals surface area contributed by atoms with E-state index in [2.05, 4.69) is 41.7 Å². The highest BCUT2D eigenvalue weighted by Crippen LogP contribution is 2.26. The number of fused-ring (bicyclic) bond motifs is 1. The van der Waals surface area contributed by atoms with E-state index in [4.69, 9.17) is 4.52 Å². The van der Waals surface area contributed by atoms with Gasteiger partial charge < -0.3 is 9.84 Å². The van der Waals surface area contributed by atoms with Gasteiger partial charge >= 0.3 is 0 Å². The van der Waals surface area contributed by atoms with Gasteiger partial charge in [0.25, 0.3) is 0 Å². The molecule has 1 aliphatic rings. The highest BCUT2D eigenvalue weighted by Gasteiger charge is 2.24. The third-order valence-electron chi connectivity index (χ3n) is 4.06. The molecule has 3 heteroatoms. The molecule has 1 aromatic heterocycles. The standard InChI is InChI=1S/C16H20N2O/c1-10(16-11(2)18-19-12(16)3)17-15-8-13-6-4-5-7-14(13)9-15/h4-7,10,15,17H,8-9H2,1-3H3. The van der Waals surface area contributed by atoms with Crippen molar-refractivity contribution in [3.05, 3.63) is 52.4 Å². The van der Waals surface area contributed by atoms with Crippen LogP contribution < -0.4 is 5.32 Å². The second-order valence-electron chi connectivity index (χ2n) is 5.50. The quantitative estimate of drug-likeness (QED) is 0.917. The maximum Gasteiger partial charge on any atom is 0.138 e. The monoisotopic (exact) mass is 256 g/mol. The average Bonchev–Trinajstić information content (AvgIpc) is 2.92. The van der Waals surface area contributed by atoms with Gasteiger partial charge in [-0.15, -0.1) is 0 Å². The minimum atomic E-state index is 0.283. The Labute approximate surface area is 114 Å². The number of hydrogen-bond donors (Lipinski definition) is 1. The van der Waals surface area contributed by atoms with E-state index in [1.807, 2.05) is 13.8 Å². The molecule has 100 valence electrons. The molecule has 2 aromatic rings. The molecule has 19 heavy (non-hydrogen) atoms. The third-order valence-corrected chi connectivity index (χ3v) is 4.06. The van der Waals surface area contributed by atoms with E-state index in [1.165, 1.54) is 16.7 Å². The van der Waals surface area contributed by atoms with Crippen LogP contribution in [-0.4, -0.2) is 11.2 Å². The molecule has 1 heterocycles. The summed E-state index contributed by atoms with van der Waals surface area (Å²) < 4.78 is 5.25. The van der Waals surface area contributed by atoms with Crippen LogP contribution in [0.2, 0.25) is 0 Å². The first kappa shape index (κ1) is 12.4. The van der Waals surface area contributed by atoms with Crippen molar-refractivity contribution < 1.29 is 4.52 Å². The van der Waals surface area contributed by atoms with E-state index in [-0.39, 0.29) is 6.04 Å². The fraction of sp³-hybridized carbons (Fsp3) is 0.438. The van der Waals surface area contributed by atoms with E-state index in [0.29, 0.717) is 6.04 Å². The molecule has 3 rings (SSSR count). The lowest BCUT2D eigenvalue weighted by atomic mass is 10.1. The summed E-state index contributed by atoms with van der Waals surface area (Å²) in [6.07, 6.45) is 2.23. The van der Waals surface area contributed by atoms with Gasteiger partial charge in [0.15, 0.2) is 0 Å². The van der Waals surface area contributed by atoms with E-state index in [1.54, 1.807) is 0 Å². The smallest absolute Gasteiger partial charge is 0.138 e. The van der Waals surface area contributed by atoms with Crippen molar-refractivity contribution >= 4 is 0 Å². The van der Waals surface area contributed by atoms with Crippen LogP contribution in [0.25, 0.3) is 0 Å². The van der Waals surface area contributed by atoms with Gasteiger partial charge in [-0.3, -0.25) is 0 Å². The van der Waals surface area contributed by atoms with Crippen molar-refractivity contribution in [2.45, 2.75) is 45.7 Å². The molecule has 1 N–H and O–H groups in total. The van der Waals surface area contributed by atoms with Crippen LogP contribution in [0.1, 0.15) is 41.1 Å². The number of nitrogens with zero attached hydrogens (tertiary/aromatic N) is 1. The average molecular weight is 256 g/mol. The molecule has 0 fully saturated rings. The first-order valence-electron chi connectivity index (χ1n) is 6.90. The number of aryl methyl sites for hydroxylation is 2. The molecular weight excluding hydrogens is 236 g/mol. The molecule has 0 aliphatic heterocycles. The Bertz CT molecular complexity index is 544. The lowest BCUT2D eigenvalue weighted by molar-refractivity contribution is 0.389. The number of nitrogens with one attached hydrogen (secondary N) is 1. The van der Waals surface area contributed by atoms with Gasteiger partial charge in [0, 0.05) is 17.6 Å². The molecule has 0 saturated carbocycles. The zero-order valence-corrected chi connectivity index (χ0v) is 11.7. The molecule has 0 bridgehead atoms. The van der Waals surface area contributed by atoms with Crippen LogP contribution in [0.15, 0.2) is 28.8 Å². The predicted molar refractivity (Wildman–Crippen MR) is 75.2 cm³/mol. The van der Waals surface area contributed by atoms with Crippen LogP contribution >= 0.6 is 0 Å². The SMILES string of the molecule is Cc1noc(C)c1C(C)NC1Cc2ccccc2C1. The van der Waals surface area contributed by atoms with Gasteiger partial charge in [0.05, 0.1) is 5.69 Å². The summed E-state index contributed by atoms with van der Waals surface area (Å²) in [5.41, 5.74) is 5.15. The van der Waals surface area contributed by atoms with Crippen molar-refractivity contribution in [3.63, 3.8) is 0 Å². The van der Waals surface area contributed by atoms with Crippen LogP contribution in [0.5, 0.6) is 0 Å². The Morgan fingerprint density at radius 2 is 1.84 bits per heavy atom. The van der Waals surface area contributed by atoms with Gasteiger partial charge in [0.2, 0.25) is 0 Å². The normalized spacial score (nSPS) is 16.6. The summed E-state index contributed by atoms with van der Waals surface area (Å²) in [6, 6.07) is 9.51. The second kappa shape index (κ2) is 4.82. The minimum Gasteiger partial charge on any atom is -0.361 e. The Hall–Kier alpha value is -1.61. The van der Waals surface area contributed by atoms with Crippen molar-refractivity contribution in [1.82, 2.24) is 10.5 Å². The Morgan fingerprint density at radius 3 is 2.37 bits per heavy atom. The zero-order valence-electron chi connectivity index (χ0n) is 11.7. The Balaban J connectivity index is 1.71. The topological polar surface area (TPSA) is 38.1 Å². The van der Waals surface area contributed by atoms with E-state index < -0.39 is 0 Å². The summed E-state index contributed by atoms with van der Waals surface area (Å²) in [6.45, 7) is 6.18. The van der Waals surface area contributed by atoms with Crippen LogP contribution in [0.3, 0.4) is 0 Å². The molecule has 3 nitrogen and oxygen atoms in total. The predicted octanol–water partition coefficient (Wildman–Crippen LogP) is 3.11. The maximum absolute atomic E-state index is 5.25. The first-order chi connectivity index (χ1) is 9.15. The van der Waals surface area contributed by atoms with Crippen molar-refractivity contribution in [2.75, 3.05) is 0 Å². The zero-order chi connectivity index (χ0) is 13.4. The molecular formula is C16H20N2O. The van der Waals surface area contributed by atoms with Crippen molar-refractivity contribution in [1.29, 1.82) is 0 Å². The van der Waals surface area contributed by atoms with Gasteiger partial charge in [-0.2, -0.15) is 0 Å². The minimum absolute atomic E-state index is 0.283. The van der Waals surface area contributed by atoms with E-state index in [0.717, 1.165) is 24.3 Å². The van der Waals surface area contributed by atoms with Crippen molar-refractivity contribution in [2.24, 2.45) is 0 Å². The molecule has 0 amide bonds. The van der Waals surface area contributed by atoms with Gasteiger partial charge in [0.1, 0.15) is 5.76 Å². The summed E-state index contributed by atoms with van der Waals surface area (Å²) >= 11 is 0. The Kier molecular flexibility index (Phi) is 3.15. The molecule has 1 aromatic carbocycles. The van der Waals surface area contributed by atoms with Gasteiger partial charge in [-0.25, -0.2) is 0 Å². The Morgan fingerprint density at radius 1 is 1.21 bits per heavy atom. The maximum atomic E-state index is 5.25. The molecule has 1 unspecified atom stereocenters. The fourth-order valence-corrected chi connectivity index (χ4v) is 3.22.